The molecule has 1 aromatic heterocycles. The van der Waals surface area contributed by atoms with Crippen LogP contribution in [-0.4, -0.2) is 4.57 Å². The second kappa shape index (κ2) is 6.01. The molecule has 0 fully saturated rings. The van der Waals surface area contributed by atoms with Gasteiger partial charge < -0.3 is 0 Å². The molecule has 0 aliphatic rings. The van der Waals surface area contributed by atoms with Gasteiger partial charge in [-0.3, -0.25) is 0 Å². The lowest BCUT2D eigenvalue weighted by atomic mass is 10.2. The van der Waals surface area contributed by atoms with Crippen molar-refractivity contribution in [3.8, 4) is 0 Å². The van der Waals surface area contributed by atoms with E-state index in [1.807, 2.05) is 18.2 Å². The Kier molecular flexibility index (Phi) is 4.13. The normalized spacial score (nSPS) is 10.2. The summed E-state index contributed by atoms with van der Waals surface area (Å²) in [4.78, 5) is 0. The number of benzene rings is 1. The Morgan fingerprint density at radius 3 is 2.56 bits per heavy atom. The maximum atomic E-state index is 3.83. The molecular formula is C16H19N2+. The van der Waals surface area contributed by atoms with E-state index in [-0.39, 0.29) is 0 Å². The van der Waals surface area contributed by atoms with E-state index in [2.05, 4.69) is 59.0 Å². The molecule has 0 radical (unpaired) electrons. The fourth-order valence-electron chi connectivity index (χ4n) is 2.09. The Balaban J connectivity index is 2.27. The van der Waals surface area contributed by atoms with Crippen LogP contribution in [0.1, 0.15) is 11.4 Å². The van der Waals surface area contributed by atoms with Crippen LogP contribution in [-0.2, 0) is 19.5 Å². The molecule has 18 heavy (non-hydrogen) atoms. The summed E-state index contributed by atoms with van der Waals surface area (Å²) in [5.74, 6) is 1.26. The monoisotopic (exact) mass is 239 g/mol. The smallest absolute Gasteiger partial charge is 0.230 e. The predicted molar refractivity (Wildman–Crippen MR) is 74.3 cm³/mol. The zero-order valence-corrected chi connectivity index (χ0v) is 10.6. The van der Waals surface area contributed by atoms with Gasteiger partial charge in [-0.1, -0.05) is 49.1 Å². The van der Waals surface area contributed by atoms with Crippen molar-refractivity contribution in [3.63, 3.8) is 0 Å². The van der Waals surface area contributed by atoms with Crippen LogP contribution in [0.25, 0.3) is 0 Å². The molecule has 1 aromatic carbocycles. The molecule has 92 valence electrons. The lowest BCUT2D eigenvalue weighted by molar-refractivity contribution is -0.694. The third-order valence-corrected chi connectivity index (χ3v) is 2.94. The van der Waals surface area contributed by atoms with E-state index in [0.717, 1.165) is 19.5 Å². The maximum absolute atomic E-state index is 3.83. The van der Waals surface area contributed by atoms with Gasteiger partial charge in [0, 0.05) is 0 Å². The van der Waals surface area contributed by atoms with E-state index in [4.69, 9.17) is 0 Å². The zero-order chi connectivity index (χ0) is 12.8. The lowest BCUT2D eigenvalue weighted by Gasteiger charge is -2.02. The van der Waals surface area contributed by atoms with Crippen LogP contribution in [0.15, 0.2) is 68.0 Å². The third-order valence-electron chi connectivity index (χ3n) is 2.94. The topological polar surface area (TPSA) is 8.81 Å². The molecule has 0 unspecified atom stereocenters. The molecule has 0 spiro atoms. The van der Waals surface area contributed by atoms with Crippen molar-refractivity contribution in [1.82, 2.24) is 4.57 Å². The second-order valence-corrected chi connectivity index (χ2v) is 4.26. The lowest BCUT2D eigenvalue weighted by Crippen LogP contribution is -2.37. The quantitative estimate of drug-likeness (QED) is 0.541. The second-order valence-electron chi connectivity index (χ2n) is 4.26. The number of allylic oxidation sites excluding steroid dienone is 2. The number of hydrogen-bond donors (Lipinski definition) is 0. The first kappa shape index (κ1) is 12.4. The van der Waals surface area contributed by atoms with E-state index in [9.17, 15) is 0 Å². The van der Waals surface area contributed by atoms with Gasteiger partial charge in [-0.15, -0.1) is 6.58 Å². The van der Waals surface area contributed by atoms with Gasteiger partial charge in [0.15, 0.2) is 0 Å². The van der Waals surface area contributed by atoms with E-state index in [0.29, 0.717) is 0 Å². The minimum Gasteiger partial charge on any atom is -0.230 e. The summed E-state index contributed by atoms with van der Waals surface area (Å²) >= 11 is 0. The highest BCUT2D eigenvalue weighted by Gasteiger charge is 2.14. The number of nitrogens with zero attached hydrogens (tertiary/aromatic N) is 2. The highest BCUT2D eigenvalue weighted by molar-refractivity contribution is 5.13. The maximum Gasteiger partial charge on any atom is 0.260 e. The Morgan fingerprint density at radius 1 is 1.11 bits per heavy atom. The molecule has 0 atom stereocenters. The van der Waals surface area contributed by atoms with E-state index >= 15 is 0 Å². The van der Waals surface area contributed by atoms with Gasteiger partial charge >= 0.3 is 0 Å². The summed E-state index contributed by atoms with van der Waals surface area (Å²) in [5, 5.41) is 0. The van der Waals surface area contributed by atoms with Gasteiger partial charge in [0.05, 0.1) is 6.42 Å². The molecule has 0 saturated heterocycles. The first-order valence-electron chi connectivity index (χ1n) is 6.18. The van der Waals surface area contributed by atoms with E-state index in [1.165, 1.54) is 11.4 Å². The van der Waals surface area contributed by atoms with Crippen molar-refractivity contribution >= 4 is 0 Å². The fraction of sp³-hybridized carbons (Fsp3) is 0.188. The van der Waals surface area contributed by atoms with Crippen LogP contribution >= 0.6 is 0 Å². The Labute approximate surface area is 109 Å². The number of imidazole rings is 1. The van der Waals surface area contributed by atoms with Crippen molar-refractivity contribution in [2.24, 2.45) is 0 Å². The van der Waals surface area contributed by atoms with Crippen LogP contribution in [0.4, 0.5) is 0 Å². The Bertz CT molecular complexity index is 523. The molecule has 0 aliphatic carbocycles. The van der Waals surface area contributed by atoms with Gasteiger partial charge in [0.2, 0.25) is 0 Å². The first-order valence-corrected chi connectivity index (χ1v) is 6.18. The van der Waals surface area contributed by atoms with Gasteiger partial charge in [-0.2, -0.15) is 0 Å². The van der Waals surface area contributed by atoms with Gasteiger partial charge in [0.1, 0.15) is 25.5 Å². The molecular weight excluding hydrogens is 220 g/mol. The van der Waals surface area contributed by atoms with Crippen LogP contribution in [0.2, 0.25) is 0 Å². The van der Waals surface area contributed by atoms with Crippen LogP contribution < -0.4 is 4.57 Å². The Hall–Kier alpha value is -2.09. The summed E-state index contributed by atoms with van der Waals surface area (Å²) < 4.78 is 4.47. The summed E-state index contributed by atoms with van der Waals surface area (Å²) in [6, 6.07) is 10.5. The molecule has 2 rings (SSSR count). The molecule has 1 heterocycles. The number of aromatic nitrogens is 2. The van der Waals surface area contributed by atoms with Gasteiger partial charge in [-0.25, -0.2) is 9.13 Å². The molecule has 2 heteroatoms. The average Bonchev–Trinajstić information content (AvgIpc) is 2.75. The largest absolute Gasteiger partial charge is 0.260 e. The highest BCUT2D eigenvalue weighted by Crippen LogP contribution is 2.02. The minimum absolute atomic E-state index is 0.838. The van der Waals surface area contributed by atoms with Crippen molar-refractivity contribution < 1.29 is 4.57 Å². The summed E-state index contributed by atoms with van der Waals surface area (Å²) in [5.41, 5.74) is 1.31. The summed E-state index contributed by atoms with van der Waals surface area (Å²) in [6.45, 7) is 9.36. The molecule has 0 saturated carbocycles. The van der Waals surface area contributed by atoms with Crippen molar-refractivity contribution in [2.45, 2.75) is 19.5 Å². The average molecular weight is 239 g/mol. The minimum atomic E-state index is 0.838. The van der Waals surface area contributed by atoms with Gasteiger partial charge in [-0.05, 0) is 5.56 Å². The molecule has 0 amide bonds. The van der Waals surface area contributed by atoms with E-state index in [1.54, 1.807) is 0 Å². The summed E-state index contributed by atoms with van der Waals surface area (Å²) in [7, 11) is 0. The van der Waals surface area contributed by atoms with Crippen LogP contribution in [0.3, 0.4) is 0 Å². The van der Waals surface area contributed by atoms with Crippen molar-refractivity contribution in [3.05, 3.63) is 79.4 Å². The first-order chi connectivity index (χ1) is 8.85. The third kappa shape index (κ3) is 2.77. The SMILES string of the molecule is C=CCc1n(CC=C)cc[n+]1Cc1ccccc1. The number of rotatable bonds is 6. The zero-order valence-electron chi connectivity index (χ0n) is 10.6. The van der Waals surface area contributed by atoms with Crippen molar-refractivity contribution in [1.29, 1.82) is 0 Å². The van der Waals surface area contributed by atoms with Crippen LogP contribution in [0.5, 0.6) is 0 Å². The molecule has 2 aromatic rings. The summed E-state index contributed by atoms with van der Waals surface area (Å²) in [6.07, 6.45) is 8.95. The molecule has 0 N–H and O–H groups in total. The predicted octanol–water partition coefficient (Wildman–Crippen LogP) is 2.74. The van der Waals surface area contributed by atoms with Gasteiger partial charge in [0.25, 0.3) is 5.82 Å². The standard InChI is InChI=1S/C16H19N2/c1-3-8-16-17(11-4-2)12-13-18(16)14-15-9-6-5-7-10-15/h3-7,9-10,12-13H,1-2,8,11,14H2/q+1. The van der Waals surface area contributed by atoms with Crippen LogP contribution in [0, 0.1) is 0 Å². The highest BCUT2D eigenvalue weighted by atomic mass is 15.1. The van der Waals surface area contributed by atoms with Crippen molar-refractivity contribution in [2.75, 3.05) is 0 Å². The molecule has 0 aliphatic heterocycles. The number of hydrogen-bond acceptors (Lipinski definition) is 0. The fourth-order valence-corrected chi connectivity index (χ4v) is 2.09. The Morgan fingerprint density at radius 2 is 1.89 bits per heavy atom. The molecule has 0 bridgehead atoms. The molecule has 2 nitrogen and oxygen atoms in total. The van der Waals surface area contributed by atoms with E-state index < -0.39 is 0 Å².